The summed E-state index contributed by atoms with van der Waals surface area (Å²) >= 11 is 0. The van der Waals surface area contributed by atoms with Crippen molar-refractivity contribution in [3.63, 3.8) is 0 Å². The molecule has 4 heterocycles. The highest BCUT2D eigenvalue weighted by Gasteiger charge is 2.26. The van der Waals surface area contributed by atoms with Gasteiger partial charge in [0.25, 0.3) is 0 Å². The standard InChI is InChI=1S/C74H64N2O4/c1-71(2,3)49-23-13-41(14-24-49)45-21-31-61-53(33-45)67(77)57-35-47(43-17-27-51(28-18-43)73(7,8)9)37-59-65(57)75(61)63-40-64-56(39-55(63)69(59)79)70(80)60-38-48(44-19-29-52(30-20-44)74(10,11)12)36-58-66(60)76(64)62-32-22-46(34-54(62)68(58)78)42-15-25-50(26-16-42)72(4,5)6/h13-40H,1-12H3. The number of aromatic nitrogens is 2. The highest BCUT2D eigenvalue weighted by Crippen LogP contribution is 2.39. The summed E-state index contributed by atoms with van der Waals surface area (Å²) in [5.41, 5.74) is 14.1. The molecule has 0 unspecified atom stereocenters. The minimum Gasteiger partial charge on any atom is -0.307 e. The van der Waals surface area contributed by atoms with Crippen molar-refractivity contribution < 1.29 is 0 Å². The normalized spacial score (nSPS) is 12.9. The number of pyridine rings is 4. The molecule has 0 saturated carbocycles. The van der Waals surface area contributed by atoms with Gasteiger partial charge in [-0.1, -0.05) is 192 Å². The van der Waals surface area contributed by atoms with Crippen LogP contribution in [0, 0.1) is 0 Å². The summed E-state index contributed by atoms with van der Waals surface area (Å²) in [6.07, 6.45) is 0. The number of hydrogen-bond donors (Lipinski definition) is 0. The number of hydrogen-bond acceptors (Lipinski definition) is 4. The van der Waals surface area contributed by atoms with E-state index in [0.29, 0.717) is 76.2 Å². The van der Waals surface area contributed by atoms with Gasteiger partial charge in [-0.15, -0.1) is 0 Å². The summed E-state index contributed by atoms with van der Waals surface area (Å²) < 4.78 is 4.12. The Morgan fingerprint density at radius 1 is 0.225 bits per heavy atom. The minimum absolute atomic E-state index is 0.0292. The zero-order valence-corrected chi connectivity index (χ0v) is 47.7. The van der Waals surface area contributed by atoms with Gasteiger partial charge in [0, 0.05) is 43.1 Å². The van der Waals surface area contributed by atoms with E-state index in [1.54, 1.807) is 6.07 Å². The predicted octanol–water partition coefficient (Wildman–Crippen LogP) is 17.3. The lowest BCUT2D eigenvalue weighted by Crippen LogP contribution is -2.17. The molecule has 0 amide bonds. The van der Waals surface area contributed by atoms with Crippen molar-refractivity contribution in [3.05, 3.63) is 233 Å². The van der Waals surface area contributed by atoms with Gasteiger partial charge in [-0.25, -0.2) is 0 Å². The van der Waals surface area contributed by atoms with Crippen molar-refractivity contribution in [2.45, 2.75) is 105 Å². The van der Waals surface area contributed by atoms with Crippen molar-refractivity contribution in [1.29, 1.82) is 0 Å². The quantitative estimate of drug-likeness (QED) is 0.130. The molecule has 4 aromatic heterocycles. The lowest BCUT2D eigenvalue weighted by molar-refractivity contribution is 0.590. The highest BCUT2D eigenvalue weighted by atomic mass is 16.1. The van der Waals surface area contributed by atoms with Gasteiger partial charge in [-0.2, -0.15) is 0 Å². The fourth-order valence-electron chi connectivity index (χ4n) is 12.2. The third kappa shape index (κ3) is 7.97. The maximum absolute atomic E-state index is 15.6. The van der Waals surface area contributed by atoms with E-state index < -0.39 is 0 Å². The van der Waals surface area contributed by atoms with Gasteiger partial charge in [-0.3, -0.25) is 19.2 Å². The van der Waals surface area contributed by atoms with E-state index in [-0.39, 0.29) is 43.4 Å². The third-order valence-corrected chi connectivity index (χ3v) is 17.0. The molecule has 80 heavy (non-hydrogen) atoms. The number of fused-ring (bicyclic) bond motifs is 8. The van der Waals surface area contributed by atoms with E-state index >= 15 is 19.2 Å². The summed E-state index contributed by atoms with van der Waals surface area (Å²) in [7, 11) is 0. The Balaban J connectivity index is 1.16. The molecule has 6 heteroatoms. The van der Waals surface area contributed by atoms with Crippen molar-refractivity contribution in [2.75, 3.05) is 0 Å². The van der Waals surface area contributed by atoms with E-state index in [1.807, 2.05) is 66.7 Å². The van der Waals surface area contributed by atoms with Crippen LogP contribution in [0.5, 0.6) is 0 Å². The molecule has 0 saturated heterocycles. The Hall–Kier alpha value is -8.74. The van der Waals surface area contributed by atoms with Crippen molar-refractivity contribution in [1.82, 2.24) is 8.80 Å². The molecule has 6 nitrogen and oxygen atoms in total. The first kappa shape index (κ1) is 50.7. The molecule has 0 radical (unpaired) electrons. The first-order valence-electron chi connectivity index (χ1n) is 27.9. The van der Waals surface area contributed by atoms with E-state index in [1.165, 1.54) is 22.3 Å². The third-order valence-electron chi connectivity index (χ3n) is 17.0. The Morgan fingerprint density at radius 3 is 0.713 bits per heavy atom. The van der Waals surface area contributed by atoms with Gasteiger partial charge in [0.2, 0.25) is 0 Å². The molecule has 13 aromatic rings. The zero-order chi connectivity index (χ0) is 56.3. The second kappa shape index (κ2) is 17.4. The molecular formula is C74H64N2O4. The van der Waals surface area contributed by atoms with Crippen LogP contribution < -0.4 is 21.7 Å². The van der Waals surface area contributed by atoms with Crippen LogP contribution >= 0.6 is 0 Å². The lowest BCUT2D eigenvalue weighted by Gasteiger charge is -2.21. The van der Waals surface area contributed by atoms with Crippen LogP contribution in [0.1, 0.15) is 105 Å². The molecule has 0 bridgehead atoms. The molecule has 13 rings (SSSR count). The Morgan fingerprint density at radius 2 is 0.450 bits per heavy atom. The molecule has 0 aliphatic heterocycles. The zero-order valence-electron chi connectivity index (χ0n) is 47.7. The van der Waals surface area contributed by atoms with Gasteiger partial charge in [0.15, 0.2) is 21.7 Å². The fraction of sp³-hybridized carbons (Fsp3) is 0.216. The Labute approximate surface area is 464 Å². The van der Waals surface area contributed by atoms with Crippen LogP contribution in [-0.4, -0.2) is 8.80 Å². The monoisotopic (exact) mass is 1040 g/mol. The highest BCUT2D eigenvalue weighted by molar-refractivity contribution is 6.15. The topological polar surface area (TPSA) is 77.1 Å². The van der Waals surface area contributed by atoms with Gasteiger partial charge < -0.3 is 8.80 Å². The summed E-state index contributed by atoms with van der Waals surface area (Å²) in [6, 6.07) is 57.2. The number of rotatable bonds is 4. The minimum atomic E-state index is -0.279. The number of benzene rings is 9. The SMILES string of the molecule is CC(C)(C)c1ccc(-c2ccc3c(c2)c(=O)c2cc(-c4ccc(C(C)(C)C)cc4)cc4c(=O)c5cc6c(=O)c7cc(-c8ccc(C(C)(C)C)cc8)cc8c(=O)c9cc(-c%10ccc(C(C)(C)C)cc%10)ccc9n(c6cc5n3c24)c87)cc1. The summed E-state index contributed by atoms with van der Waals surface area (Å²) in [5, 5.41) is 3.31. The van der Waals surface area contributed by atoms with E-state index in [0.717, 1.165) is 44.5 Å². The second-order valence-electron chi connectivity index (χ2n) is 26.5. The average Bonchev–Trinajstić information content (AvgIpc) is 3.63. The first-order valence-corrected chi connectivity index (χ1v) is 27.9. The maximum Gasteiger partial charge on any atom is 0.197 e. The largest absolute Gasteiger partial charge is 0.307 e. The molecule has 0 atom stereocenters. The van der Waals surface area contributed by atoms with Gasteiger partial charge in [0.05, 0.1) is 33.1 Å². The Bertz CT molecular complexity index is 4680. The van der Waals surface area contributed by atoms with Gasteiger partial charge in [0.1, 0.15) is 0 Å². The lowest BCUT2D eigenvalue weighted by atomic mass is 9.86. The summed E-state index contributed by atoms with van der Waals surface area (Å²) in [5.74, 6) is 0. The second-order valence-corrected chi connectivity index (χ2v) is 26.5. The molecule has 0 aliphatic rings. The van der Waals surface area contributed by atoms with Crippen LogP contribution in [0.2, 0.25) is 0 Å². The molecule has 0 fully saturated rings. The summed E-state index contributed by atoms with van der Waals surface area (Å²) in [4.78, 5) is 62.1. The predicted molar refractivity (Wildman–Crippen MR) is 337 cm³/mol. The van der Waals surface area contributed by atoms with Crippen LogP contribution in [-0.2, 0) is 21.7 Å². The van der Waals surface area contributed by atoms with Crippen LogP contribution in [0.25, 0.3) is 121 Å². The summed E-state index contributed by atoms with van der Waals surface area (Å²) in [6.45, 7) is 26.2. The molecular weight excluding hydrogens is 981 g/mol. The Kier molecular flexibility index (Phi) is 11.0. The molecule has 0 spiro atoms. The van der Waals surface area contributed by atoms with E-state index in [4.69, 9.17) is 0 Å². The first-order chi connectivity index (χ1) is 37.8. The molecule has 0 N–H and O–H groups in total. The van der Waals surface area contributed by atoms with Crippen LogP contribution in [0.15, 0.2) is 189 Å². The smallest absolute Gasteiger partial charge is 0.197 e. The maximum atomic E-state index is 15.6. The molecule has 0 aliphatic carbocycles. The van der Waals surface area contributed by atoms with Crippen molar-refractivity contribution in [3.8, 4) is 44.5 Å². The van der Waals surface area contributed by atoms with Crippen molar-refractivity contribution in [2.24, 2.45) is 0 Å². The molecule has 9 aromatic carbocycles. The van der Waals surface area contributed by atoms with E-state index in [9.17, 15) is 0 Å². The fourth-order valence-corrected chi connectivity index (χ4v) is 12.2. The van der Waals surface area contributed by atoms with Gasteiger partial charge >= 0.3 is 0 Å². The van der Waals surface area contributed by atoms with Crippen molar-refractivity contribution >= 4 is 76.2 Å². The van der Waals surface area contributed by atoms with E-state index in [2.05, 4.69) is 189 Å². The average molecular weight is 1050 g/mol. The van der Waals surface area contributed by atoms with Crippen LogP contribution in [0.3, 0.4) is 0 Å². The van der Waals surface area contributed by atoms with Crippen LogP contribution in [0.4, 0.5) is 0 Å². The molecule has 394 valence electrons. The number of nitrogens with zero attached hydrogens (tertiary/aromatic N) is 2. The van der Waals surface area contributed by atoms with Gasteiger partial charge in [-0.05, 0) is 149 Å².